The second kappa shape index (κ2) is 14.0. The number of carbonyl (C=O) groups is 1. The minimum absolute atomic E-state index is 0.133. The molecule has 2 rings (SSSR count). The fourth-order valence-electron chi connectivity index (χ4n) is 3.71. The number of unbranched alkanes of at least 4 members (excludes halogenated alkanes) is 5. The quantitative estimate of drug-likeness (QED) is 0.0889. The van der Waals surface area contributed by atoms with Gasteiger partial charge in [-0.15, -0.1) is 0 Å². The fourth-order valence-corrected chi connectivity index (χ4v) is 3.71. The SMILES string of the molecule is CC(C)CCC(C)(C)C(=O)OCCCCCCCCOc1cc(=O)oc2cc(OC(F)(F)C(F)(F)F)ccc12. The maximum absolute atomic E-state index is 13.2. The molecule has 0 saturated heterocycles. The summed E-state index contributed by atoms with van der Waals surface area (Å²) in [7, 11) is 0. The molecule has 39 heavy (non-hydrogen) atoms. The van der Waals surface area contributed by atoms with Crippen LogP contribution in [0.1, 0.15) is 79.1 Å². The molecule has 0 fully saturated rings. The van der Waals surface area contributed by atoms with Crippen LogP contribution in [0.15, 0.2) is 33.5 Å². The van der Waals surface area contributed by atoms with Gasteiger partial charge in [-0.05, 0) is 57.6 Å². The van der Waals surface area contributed by atoms with E-state index >= 15 is 0 Å². The summed E-state index contributed by atoms with van der Waals surface area (Å²) in [6, 6.07) is 3.97. The van der Waals surface area contributed by atoms with Gasteiger partial charge in [-0.2, -0.15) is 22.0 Å². The number of hydrogen-bond donors (Lipinski definition) is 0. The summed E-state index contributed by atoms with van der Waals surface area (Å²) in [5.74, 6) is -0.301. The molecular weight excluding hydrogens is 527 g/mol. The minimum Gasteiger partial charge on any atom is -0.493 e. The molecule has 1 aromatic heterocycles. The van der Waals surface area contributed by atoms with Gasteiger partial charge in [-0.1, -0.05) is 39.5 Å². The first-order valence-electron chi connectivity index (χ1n) is 13.1. The molecule has 6 nitrogen and oxygen atoms in total. The standard InChI is InChI=1S/C28H37F5O6/c1-19(2)13-14-26(3,4)25(35)37-16-10-8-6-5-7-9-15-36-22-18-24(34)38-23-17-20(11-12-21(22)23)39-28(32,33)27(29,30)31/h11-12,17-19H,5-10,13-16H2,1-4H3. The maximum Gasteiger partial charge on any atom is 0.499 e. The average Bonchev–Trinajstić information content (AvgIpc) is 2.82. The molecule has 0 spiro atoms. The lowest BCUT2D eigenvalue weighted by atomic mass is 9.85. The number of halogens is 5. The van der Waals surface area contributed by atoms with E-state index in [1.807, 2.05) is 13.8 Å². The lowest BCUT2D eigenvalue weighted by Gasteiger charge is -2.23. The largest absolute Gasteiger partial charge is 0.499 e. The zero-order valence-corrected chi connectivity index (χ0v) is 22.8. The zero-order valence-electron chi connectivity index (χ0n) is 22.8. The van der Waals surface area contributed by atoms with Crippen LogP contribution in [0.5, 0.6) is 11.5 Å². The fraction of sp³-hybridized carbons (Fsp3) is 0.643. The second-order valence-corrected chi connectivity index (χ2v) is 10.6. The number of rotatable bonds is 16. The zero-order chi connectivity index (χ0) is 29.3. The molecule has 0 unspecified atom stereocenters. The number of fused-ring (bicyclic) bond motifs is 1. The van der Waals surface area contributed by atoms with Crippen molar-refractivity contribution < 1.29 is 45.4 Å². The highest BCUT2D eigenvalue weighted by Gasteiger charge is 2.61. The summed E-state index contributed by atoms with van der Waals surface area (Å²) in [6.07, 6.45) is -4.40. The van der Waals surface area contributed by atoms with Crippen LogP contribution in [0.4, 0.5) is 22.0 Å². The van der Waals surface area contributed by atoms with Crippen molar-refractivity contribution in [1.29, 1.82) is 0 Å². The summed E-state index contributed by atoms with van der Waals surface area (Å²) >= 11 is 0. The third-order valence-corrected chi connectivity index (χ3v) is 6.18. The van der Waals surface area contributed by atoms with Gasteiger partial charge in [0.1, 0.15) is 17.1 Å². The Morgan fingerprint density at radius 3 is 2.15 bits per heavy atom. The van der Waals surface area contributed by atoms with Crippen LogP contribution in [0, 0.1) is 11.3 Å². The Labute approximate surface area is 224 Å². The third-order valence-electron chi connectivity index (χ3n) is 6.18. The van der Waals surface area contributed by atoms with Crippen LogP contribution in [0.25, 0.3) is 11.0 Å². The van der Waals surface area contributed by atoms with Crippen LogP contribution < -0.4 is 15.1 Å². The smallest absolute Gasteiger partial charge is 0.493 e. The molecule has 0 aliphatic heterocycles. The normalized spacial score (nSPS) is 12.7. The Morgan fingerprint density at radius 1 is 0.923 bits per heavy atom. The molecule has 0 N–H and O–H groups in total. The minimum atomic E-state index is -5.90. The summed E-state index contributed by atoms with van der Waals surface area (Å²) < 4.78 is 83.3. The van der Waals surface area contributed by atoms with Crippen molar-refractivity contribution in [3.05, 3.63) is 34.7 Å². The highest BCUT2D eigenvalue weighted by Crippen LogP contribution is 2.38. The molecular formula is C28H37F5O6. The molecule has 0 bridgehead atoms. The molecule has 1 heterocycles. The van der Waals surface area contributed by atoms with Gasteiger partial charge in [0.25, 0.3) is 0 Å². The predicted octanol–water partition coefficient (Wildman–Crippen LogP) is 8.05. The Morgan fingerprint density at radius 2 is 1.54 bits per heavy atom. The summed E-state index contributed by atoms with van der Waals surface area (Å²) in [4.78, 5) is 24.1. The van der Waals surface area contributed by atoms with Crippen molar-refractivity contribution in [2.45, 2.75) is 91.3 Å². The summed E-state index contributed by atoms with van der Waals surface area (Å²) in [5.41, 5.74) is -1.56. The first kappa shape index (κ1) is 32.4. The number of ether oxygens (including phenoxy) is 3. The second-order valence-electron chi connectivity index (χ2n) is 10.6. The van der Waals surface area contributed by atoms with E-state index in [-0.39, 0.29) is 29.3 Å². The number of benzene rings is 1. The van der Waals surface area contributed by atoms with Gasteiger partial charge >= 0.3 is 23.9 Å². The molecule has 2 aromatic rings. The Balaban J connectivity index is 1.72. The maximum atomic E-state index is 13.2. The molecule has 0 aliphatic carbocycles. The van der Waals surface area contributed by atoms with E-state index in [1.165, 1.54) is 6.07 Å². The van der Waals surface area contributed by atoms with Crippen LogP contribution in [-0.4, -0.2) is 31.5 Å². The highest BCUT2D eigenvalue weighted by atomic mass is 19.4. The Bertz CT molecular complexity index is 1120. The first-order valence-corrected chi connectivity index (χ1v) is 13.1. The van der Waals surface area contributed by atoms with Gasteiger partial charge in [0.15, 0.2) is 0 Å². The summed E-state index contributed by atoms with van der Waals surface area (Å²) in [6.45, 7) is 8.75. The lowest BCUT2D eigenvalue weighted by Crippen LogP contribution is -2.41. The topological polar surface area (TPSA) is 75.0 Å². The van der Waals surface area contributed by atoms with Crippen molar-refractivity contribution in [3.63, 3.8) is 0 Å². The van der Waals surface area contributed by atoms with E-state index in [9.17, 15) is 31.5 Å². The Kier molecular flexibility index (Phi) is 11.6. The molecule has 0 aliphatic rings. The molecule has 0 radical (unpaired) electrons. The van der Waals surface area contributed by atoms with E-state index in [0.717, 1.165) is 63.1 Å². The predicted molar refractivity (Wildman–Crippen MR) is 136 cm³/mol. The van der Waals surface area contributed by atoms with Crippen molar-refractivity contribution in [3.8, 4) is 11.5 Å². The van der Waals surface area contributed by atoms with E-state index in [4.69, 9.17) is 13.9 Å². The number of carbonyl (C=O) groups excluding carboxylic acids is 1. The van der Waals surface area contributed by atoms with Gasteiger partial charge in [-0.25, -0.2) is 4.79 Å². The van der Waals surface area contributed by atoms with E-state index in [2.05, 4.69) is 18.6 Å². The monoisotopic (exact) mass is 564 g/mol. The number of alkyl halides is 5. The van der Waals surface area contributed by atoms with Gasteiger partial charge in [0.2, 0.25) is 0 Å². The van der Waals surface area contributed by atoms with Crippen LogP contribution in [0.3, 0.4) is 0 Å². The molecule has 0 amide bonds. The Hall–Kier alpha value is -2.85. The van der Waals surface area contributed by atoms with Gasteiger partial charge in [0, 0.05) is 6.07 Å². The van der Waals surface area contributed by atoms with E-state index in [1.54, 1.807) is 0 Å². The van der Waals surface area contributed by atoms with Crippen molar-refractivity contribution >= 4 is 16.9 Å². The van der Waals surface area contributed by atoms with Crippen molar-refractivity contribution in [1.82, 2.24) is 0 Å². The molecule has 1 aromatic carbocycles. The van der Waals surface area contributed by atoms with Gasteiger partial charge < -0.3 is 18.6 Å². The van der Waals surface area contributed by atoms with Gasteiger partial charge in [-0.3, -0.25) is 4.79 Å². The van der Waals surface area contributed by atoms with Crippen molar-refractivity contribution in [2.75, 3.05) is 13.2 Å². The highest BCUT2D eigenvalue weighted by molar-refractivity contribution is 5.84. The van der Waals surface area contributed by atoms with Crippen LogP contribution in [-0.2, 0) is 9.53 Å². The number of esters is 1. The van der Waals surface area contributed by atoms with Crippen LogP contribution >= 0.6 is 0 Å². The van der Waals surface area contributed by atoms with Gasteiger partial charge in [0.05, 0.1) is 30.1 Å². The lowest BCUT2D eigenvalue weighted by molar-refractivity contribution is -0.360. The first-order chi connectivity index (χ1) is 18.1. The average molecular weight is 565 g/mol. The van der Waals surface area contributed by atoms with Crippen LogP contribution in [0.2, 0.25) is 0 Å². The molecule has 0 atom stereocenters. The van der Waals surface area contributed by atoms with Crippen molar-refractivity contribution in [2.24, 2.45) is 11.3 Å². The number of hydrogen-bond acceptors (Lipinski definition) is 6. The van der Waals surface area contributed by atoms with E-state index < -0.39 is 29.1 Å². The summed E-state index contributed by atoms with van der Waals surface area (Å²) in [5, 5.41) is 0.235. The third kappa shape index (κ3) is 10.3. The molecule has 0 saturated carbocycles. The molecule has 11 heteroatoms. The van der Waals surface area contributed by atoms with E-state index in [0.29, 0.717) is 18.9 Å². The molecule has 220 valence electrons.